The molecule has 0 saturated carbocycles. The van der Waals surface area contributed by atoms with Gasteiger partial charge >= 0.3 is 0 Å². The van der Waals surface area contributed by atoms with Crippen molar-refractivity contribution in [2.45, 2.75) is 6.42 Å². The largest absolute Gasteiger partial charge is 0.493 e. The molecule has 0 N–H and O–H groups in total. The van der Waals surface area contributed by atoms with E-state index < -0.39 is 0 Å². The molecular weight excluding hydrogens is 194 g/mol. The van der Waals surface area contributed by atoms with Crippen LogP contribution in [-0.4, -0.2) is 26.7 Å². The number of anilines is 1. The fourth-order valence-corrected chi connectivity index (χ4v) is 1.58. The number of hydrogen-bond donors (Lipinski definition) is 0. The summed E-state index contributed by atoms with van der Waals surface area (Å²) in [5.74, 6) is 1.48. The monoisotopic (exact) mass is 207 g/mol. The summed E-state index contributed by atoms with van der Waals surface area (Å²) in [7, 11) is 3.17. The maximum absolute atomic E-state index is 11.2. The molecule has 15 heavy (non-hydrogen) atoms. The van der Waals surface area contributed by atoms with Crippen LogP contribution in [0.5, 0.6) is 11.5 Å². The molecule has 1 aromatic carbocycles. The molecule has 4 heteroatoms. The van der Waals surface area contributed by atoms with Gasteiger partial charge in [0.15, 0.2) is 11.5 Å². The standard InChI is InChI=1S/C11H13NO3/c1-14-9-4-3-8(7-10(9)15-2)12-6-5-11(12)13/h3-4,7H,5-6H2,1-2H3. The van der Waals surface area contributed by atoms with Crippen LogP contribution in [0.3, 0.4) is 0 Å². The number of methoxy groups -OCH3 is 2. The fraction of sp³-hybridized carbons (Fsp3) is 0.364. The zero-order valence-electron chi connectivity index (χ0n) is 8.82. The summed E-state index contributed by atoms with van der Waals surface area (Å²) in [6.07, 6.45) is 0.633. The average Bonchev–Trinajstić information content (AvgIpc) is 2.26. The van der Waals surface area contributed by atoms with Crippen LogP contribution in [0.4, 0.5) is 5.69 Å². The van der Waals surface area contributed by atoms with Gasteiger partial charge in [0.1, 0.15) is 0 Å². The van der Waals surface area contributed by atoms with E-state index in [9.17, 15) is 4.79 Å². The Balaban J connectivity index is 2.30. The maximum atomic E-state index is 11.2. The topological polar surface area (TPSA) is 38.8 Å². The Kier molecular flexibility index (Phi) is 2.49. The van der Waals surface area contributed by atoms with E-state index in [1.807, 2.05) is 12.1 Å². The number of amides is 1. The number of hydrogen-bond acceptors (Lipinski definition) is 3. The van der Waals surface area contributed by atoms with Gasteiger partial charge in [0.25, 0.3) is 0 Å². The summed E-state index contributed by atoms with van der Waals surface area (Å²) in [5, 5.41) is 0. The minimum atomic E-state index is 0.155. The lowest BCUT2D eigenvalue weighted by atomic mass is 10.1. The number of rotatable bonds is 3. The van der Waals surface area contributed by atoms with E-state index in [1.54, 1.807) is 25.2 Å². The lowest BCUT2D eigenvalue weighted by Crippen LogP contribution is -2.43. The van der Waals surface area contributed by atoms with Crippen molar-refractivity contribution in [2.75, 3.05) is 25.7 Å². The Morgan fingerprint density at radius 3 is 2.40 bits per heavy atom. The first-order chi connectivity index (χ1) is 7.26. The summed E-state index contributed by atoms with van der Waals surface area (Å²) in [6.45, 7) is 0.786. The molecule has 1 aliphatic rings. The van der Waals surface area contributed by atoms with Crippen molar-refractivity contribution in [1.29, 1.82) is 0 Å². The first-order valence-corrected chi connectivity index (χ1v) is 4.78. The van der Waals surface area contributed by atoms with Gasteiger partial charge in [-0.25, -0.2) is 0 Å². The van der Waals surface area contributed by atoms with Crippen molar-refractivity contribution in [3.63, 3.8) is 0 Å². The Labute approximate surface area is 88.4 Å². The average molecular weight is 207 g/mol. The molecule has 1 amide bonds. The zero-order valence-corrected chi connectivity index (χ0v) is 8.82. The highest BCUT2D eigenvalue weighted by molar-refractivity contribution is 5.99. The Morgan fingerprint density at radius 1 is 1.20 bits per heavy atom. The third-order valence-electron chi connectivity index (χ3n) is 2.53. The Morgan fingerprint density at radius 2 is 1.93 bits per heavy atom. The lowest BCUT2D eigenvalue weighted by molar-refractivity contribution is -0.122. The van der Waals surface area contributed by atoms with Crippen LogP contribution in [0.2, 0.25) is 0 Å². The molecule has 0 bridgehead atoms. The second-order valence-electron chi connectivity index (χ2n) is 3.33. The molecule has 0 radical (unpaired) electrons. The second kappa shape index (κ2) is 3.81. The smallest absolute Gasteiger partial charge is 0.228 e. The highest BCUT2D eigenvalue weighted by Gasteiger charge is 2.25. The van der Waals surface area contributed by atoms with Gasteiger partial charge < -0.3 is 14.4 Å². The van der Waals surface area contributed by atoms with Crippen LogP contribution in [-0.2, 0) is 4.79 Å². The number of carbonyl (C=O) groups excluding carboxylic acids is 1. The molecule has 4 nitrogen and oxygen atoms in total. The van der Waals surface area contributed by atoms with Crippen LogP contribution in [0, 0.1) is 0 Å². The van der Waals surface area contributed by atoms with Crippen LogP contribution in [0.15, 0.2) is 18.2 Å². The molecule has 1 aromatic rings. The number of carbonyl (C=O) groups is 1. The summed E-state index contributed by atoms with van der Waals surface area (Å²) in [4.78, 5) is 13.0. The molecule has 80 valence electrons. The summed E-state index contributed by atoms with van der Waals surface area (Å²) in [6, 6.07) is 5.48. The van der Waals surface area contributed by atoms with Crippen molar-refractivity contribution in [1.82, 2.24) is 0 Å². The van der Waals surface area contributed by atoms with E-state index in [0.29, 0.717) is 17.9 Å². The fourth-order valence-electron chi connectivity index (χ4n) is 1.58. The third-order valence-corrected chi connectivity index (χ3v) is 2.53. The highest BCUT2D eigenvalue weighted by Crippen LogP contribution is 2.33. The van der Waals surface area contributed by atoms with E-state index in [2.05, 4.69) is 0 Å². The third kappa shape index (κ3) is 1.63. The minimum absolute atomic E-state index is 0.155. The van der Waals surface area contributed by atoms with E-state index in [0.717, 1.165) is 12.2 Å². The van der Waals surface area contributed by atoms with Crippen molar-refractivity contribution in [3.05, 3.63) is 18.2 Å². The van der Waals surface area contributed by atoms with Gasteiger partial charge in [0.2, 0.25) is 5.91 Å². The number of benzene rings is 1. The summed E-state index contributed by atoms with van der Waals surface area (Å²) >= 11 is 0. The second-order valence-corrected chi connectivity index (χ2v) is 3.33. The predicted octanol–water partition coefficient (Wildman–Crippen LogP) is 1.44. The molecule has 1 aliphatic heterocycles. The predicted molar refractivity (Wildman–Crippen MR) is 56.5 cm³/mol. The van der Waals surface area contributed by atoms with Gasteiger partial charge in [0.05, 0.1) is 14.2 Å². The molecule has 0 spiro atoms. The van der Waals surface area contributed by atoms with E-state index in [4.69, 9.17) is 9.47 Å². The van der Waals surface area contributed by atoms with Gasteiger partial charge in [-0.1, -0.05) is 0 Å². The lowest BCUT2D eigenvalue weighted by Gasteiger charge is -2.31. The van der Waals surface area contributed by atoms with Crippen LogP contribution in [0.25, 0.3) is 0 Å². The summed E-state index contributed by atoms with van der Waals surface area (Å²) in [5.41, 5.74) is 0.865. The van der Waals surface area contributed by atoms with Crippen molar-refractivity contribution in [2.24, 2.45) is 0 Å². The molecule has 0 atom stereocenters. The molecular formula is C11H13NO3. The van der Waals surface area contributed by atoms with Crippen molar-refractivity contribution in [3.8, 4) is 11.5 Å². The molecule has 0 unspecified atom stereocenters. The first-order valence-electron chi connectivity index (χ1n) is 4.78. The molecule has 2 rings (SSSR count). The SMILES string of the molecule is COc1ccc(N2CCC2=O)cc1OC. The zero-order chi connectivity index (χ0) is 10.8. The Bertz CT molecular complexity index is 389. The van der Waals surface area contributed by atoms with E-state index >= 15 is 0 Å². The summed E-state index contributed by atoms with van der Waals surface area (Å²) < 4.78 is 10.3. The minimum Gasteiger partial charge on any atom is -0.493 e. The molecule has 0 aromatic heterocycles. The molecule has 1 saturated heterocycles. The number of β-lactam (4-membered cyclic amide) rings is 1. The van der Waals surface area contributed by atoms with Gasteiger partial charge in [-0.3, -0.25) is 4.79 Å². The van der Waals surface area contributed by atoms with Crippen LogP contribution in [0.1, 0.15) is 6.42 Å². The van der Waals surface area contributed by atoms with E-state index in [-0.39, 0.29) is 5.91 Å². The highest BCUT2D eigenvalue weighted by atomic mass is 16.5. The van der Waals surface area contributed by atoms with Gasteiger partial charge in [-0.05, 0) is 12.1 Å². The number of nitrogens with zero attached hydrogens (tertiary/aromatic N) is 1. The maximum Gasteiger partial charge on any atom is 0.228 e. The Hall–Kier alpha value is -1.71. The number of ether oxygens (including phenoxy) is 2. The van der Waals surface area contributed by atoms with Crippen molar-refractivity contribution < 1.29 is 14.3 Å². The first kappa shape index (κ1) is 9.83. The molecule has 0 aliphatic carbocycles. The normalized spacial score (nSPS) is 14.8. The molecule has 1 heterocycles. The van der Waals surface area contributed by atoms with Gasteiger partial charge in [-0.15, -0.1) is 0 Å². The quantitative estimate of drug-likeness (QED) is 0.704. The van der Waals surface area contributed by atoms with Crippen LogP contribution >= 0.6 is 0 Å². The van der Waals surface area contributed by atoms with Crippen LogP contribution < -0.4 is 14.4 Å². The molecule has 1 fully saturated rings. The van der Waals surface area contributed by atoms with E-state index in [1.165, 1.54) is 0 Å². The van der Waals surface area contributed by atoms with Crippen molar-refractivity contribution >= 4 is 11.6 Å². The van der Waals surface area contributed by atoms with Gasteiger partial charge in [0, 0.05) is 24.7 Å². The van der Waals surface area contributed by atoms with Gasteiger partial charge in [-0.2, -0.15) is 0 Å².